The molecule has 1 N–H and O–H groups in total. The van der Waals surface area contributed by atoms with Crippen molar-refractivity contribution >= 4 is 33.9 Å². The van der Waals surface area contributed by atoms with E-state index in [0.717, 1.165) is 49.8 Å². The summed E-state index contributed by atoms with van der Waals surface area (Å²) >= 11 is 0. The number of fused-ring (bicyclic) bond motifs is 3. The molecular weight excluding hydrogens is 472 g/mol. The van der Waals surface area contributed by atoms with Crippen molar-refractivity contribution in [3.8, 4) is 17.2 Å². The van der Waals surface area contributed by atoms with Crippen LogP contribution in [0.5, 0.6) is 0 Å². The molecule has 0 aliphatic heterocycles. The van der Waals surface area contributed by atoms with E-state index in [0.29, 0.717) is 23.4 Å². The molecule has 6 aromatic rings. The third kappa shape index (κ3) is 3.73. The molecule has 0 saturated carbocycles. The zero-order chi connectivity index (χ0) is 26.2. The van der Waals surface area contributed by atoms with Gasteiger partial charge in [-0.2, -0.15) is 5.26 Å². The van der Waals surface area contributed by atoms with Crippen LogP contribution in [0.4, 0.5) is 5.69 Å². The number of aryl methyl sites for hydroxylation is 2. The van der Waals surface area contributed by atoms with Crippen molar-refractivity contribution < 1.29 is 9.32 Å². The van der Waals surface area contributed by atoms with Crippen molar-refractivity contribution in [2.45, 2.75) is 19.9 Å². The van der Waals surface area contributed by atoms with E-state index < -0.39 is 0 Å². The van der Waals surface area contributed by atoms with Gasteiger partial charge in [0.2, 0.25) is 6.41 Å². The van der Waals surface area contributed by atoms with Gasteiger partial charge in [-0.1, -0.05) is 71.9 Å². The topological polar surface area (TPSA) is 83.8 Å². The molecule has 184 valence electrons. The normalized spacial score (nSPS) is 11.2. The van der Waals surface area contributed by atoms with Crippen molar-refractivity contribution in [2.75, 3.05) is 5.32 Å². The Morgan fingerprint density at radius 3 is 2.18 bits per heavy atom. The number of anilines is 1. The van der Waals surface area contributed by atoms with Crippen LogP contribution in [0.1, 0.15) is 34.2 Å². The predicted molar refractivity (Wildman–Crippen MR) is 149 cm³/mol. The lowest BCUT2D eigenvalue weighted by Crippen LogP contribution is -2.12. The minimum Gasteiger partial charge on any atom is -0.361 e. The summed E-state index contributed by atoms with van der Waals surface area (Å²) < 4.78 is 7.74. The van der Waals surface area contributed by atoms with E-state index in [4.69, 9.17) is 4.52 Å². The van der Waals surface area contributed by atoms with Gasteiger partial charge in [0, 0.05) is 22.0 Å². The van der Waals surface area contributed by atoms with E-state index in [-0.39, 0.29) is 6.04 Å². The van der Waals surface area contributed by atoms with Gasteiger partial charge in [-0.3, -0.25) is 4.79 Å². The van der Waals surface area contributed by atoms with Gasteiger partial charge in [-0.15, -0.1) is 0 Å². The van der Waals surface area contributed by atoms with Crippen LogP contribution >= 0.6 is 0 Å². The number of nitrogens with one attached hydrogen (secondary N) is 1. The quantitative estimate of drug-likeness (QED) is 0.248. The summed E-state index contributed by atoms with van der Waals surface area (Å²) in [7, 11) is 0. The van der Waals surface area contributed by atoms with Crippen LogP contribution in [0, 0.1) is 25.2 Å². The van der Waals surface area contributed by atoms with Gasteiger partial charge in [-0.05, 0) is 54.8 Å². The van der Waals surface area contributed by atoms with E-state index in [1.807, 2.05) is 74.5 Å². The number of hydrogen-bond acceptors (Lipinski definition) is 4. The molecule has 0 spiro atoms. The first-order chi connectivity index (χ1) is 18.6. The predicted octanol–water partition coefficient (Wildman–Crippen LogP) is 7.14. The second-order valence-corrected chi connectivity index (χ2v) is 9.32. The highest BCUT2D eigenvalue weighted by molar-refractivity contribution is 6.13. The molecule has 0 aliphatic carbocycles. The first-order valence-corrected chi connectivity index (χ1v) is 12.4. The number of amides is 1. The van der Waals surface area contributed by atoms with Crippen LogP contribution in [0.2, 0.25) is 0 Å². The van der Waals surface area contributed by atoms with Gasteiger partial charge in [0.25, 0.3) is 0 Å². The highest BCUT2D eigenvalue weighted by Crippen LogP contribution is 2.42. The first kappa shape index (κ1) is 23.3. The summed E-state index contributed by atoms with van der Waals surface area (Å²) in [4.78, 5) is 11.3. The third-order valence-electron chi connectivity index (χ3n) is 7.06. The zero-order valence-electron chi connectivity index (χ0n) is 21.0. The number of carbonyl (C=O) groups is 1. The van der Waals surface area contributed by atoms with Crippen molar-refractivity contribution in [3.05, 3.63) is 119 Å². The Balaban J connectivity index is 1.79. The summed E-state index contributed by atoms with van der Waals surface area (Å²) in [5, 5.41) is 19.1. The second-order valence-electron chi connectivity index (χ2n) is 9.32. The lowest BCUT2D eigenvalue weighted by Gasteiger charge is -2.23. The number of hydrogen-bond donors (Lipinski definition) is 1. The Kier molecular flexibility index (Phi) is 5.74. The fourth-order valence-electron chi connectivity index (χ4n) is 5.50. The zero-order valence-corrected chi connectivity index (χ0v) is 21.0. The number of aromatic nitrogens is 2. The number of rotatable bonds is 6. The van der Waals surface area contributed by atoms with E-state index in [1.165, 1.54) is 0 Å². The van der Waals surface area contributed by atoms with E-state index in [1.54, 1.807) is 0 Å². The van der Waals surface area contributed by atoms with Gasteiger partial charge in [0.1, 0.15) is 5.76 Å². The van der Waals surface area contributed by atoms with Crippen molar-refractivity contribution in [1.82, 2.24) is 9.72 Å². The summed E-state index contributed by atoms with van der Waals surface area (Å²) in [5.74, 6) is 0.702. The molecular formula is C32H24N4O2. The second kappa shape index (κ2) is 9.38. The molecule has 2 heterocycles. The molecule has 0 fully saturated rings. The standard InChI is InChI=1S/C32H24N4O2/c1-20-30(21(2)38-35-20)24-15-25(18-33)31-27-14-13-26(34-19-37)17-28(27)36(29(31)16-24)32(22-9-5-3-6-10-22)23-11-7-4-8-12-23/h3-17,19,32H,1-2H3,(H,34,37). The van der Waals surface area contributed by atoms with Crippen LogP contribution in [0.3, 0.4) is 0 Å². The summed E-state index contributed by atoms with van der Waals surface area (Å²) in [6.07, 6.45) is 0.677. The van der Waals surface area contributed by atoms with Crippen LogP contribution in [-0.4, -0.2) is 16.1 Å². The van der Waals surface area contributed by atoms with Crippen molar-refractivity contribution in [2.24, 2.45) is 0 Å². The van der Waals surface area contributed by atoms with Crippen LogP contribution in [0.15, 0.2) is 95.5 Å². The number of carbonyl (C=O) groups excluding carboxylic acids is 1. The molecule has 0 bridgehead atoms. The largest absolute Gasteiger partial charge is 0.361 e. The van der Waals surface area contributed by atoms with E-state index >= 15 is 0 Å². The fraction of sp³-hybridized carbons (Fsp3) is 0.0938. The molecule has 1 amide bonds. The molecule has 6 heteroatoms. The Labute approximate surface area is 219 Å². The molecule has 0 aliphatic rings. The fourth-order valence-corrected chi connectivity index (χ4v) is 5.50. The molecule has 38 heavy (non-hydrogen) atoms. The van der Waals surface area contributed by atoms with Gasteiger partial charge >= 0.3 is 0 Å². The molecule has 6 rings (SSSR count). The lowest BCUT2D eigenvalue weighted by atomic mass is 9.96. The monoisotopic (exact) mass is 496 g/mol. The van der Waals surface area contributed by atoms with Crippen LogP contribution in [-0.2, 0) is 4.79 Å². The maximum Gasteiger partial charge on any atom is 0.211 e. The summed E-state index contributed by atoms with van der Waals surface area (Å²) in [6.45, 7) is 3.79. The number of benzene rings is 4. The van der Waals surface area contributed by atoms with Gasteiger partial charge < -0.3 is 14.4 Å². The van der Waals surface area contributed by atoms with Crippen molar-refractivity contribution in [3.63, 3.8) is 0 Å². The highest BCUT2D eigenvalue weighted by Gasteiger charge is 2.25. The van der Waals surface area contributed by atoms with Gasteiger partial charge in [0.15, 0.2) is 0 Å². The Hall–Kier alpha value is -5.15. The molecule has 2 aromatic heterocycles. The molecule has 0 radical (unpaired) electrons. The Bertz CT molecular complexity index is 1780. The molecule has 0 saturated heterocycles. The van der Waals surface area contributed by atoms with E-state index in [2.05, 4.69) is 51.4 Å². The summed E-state index contributed by atoms with van der Waals surface area (Å²) in [5.41, 5.74) is 7.82. The smallest absolute Gasteiger partial charge is 0.211 e. The number of nitrogens with zero attached hydrogens (tertiary/aromatic N) is 3. The first-order valence-electron chi connectivity index (χ1n) is 12.4. The Morgan fingerprint density at radius 1 is 0.921 bits per heavy atom. The van der Waals surface area contributed by atoms with Gasteiger partial charge in [0.05, 0.1) is 34.4 Å². The summed E-state index contributed by atoms with van der Waals surface area (Å²) in [6, 6.07) is 32.7. The van der Waals surface area contributed by atoms with Crippen LogP contribution in [0.25, 0.3) is 32.9 Å². The maximum atomic E-state index is 11.3. The molecule has 0 unspecified atom stereocenters. The molecule has 4 aromatic carbocycles. The minimum atomic E-state index is -0.185. The average Bonchev–Trinajstić information content (AvgIpc) is 3.45. The molecule has 6 nitrogen and oxygen atoms in total. The minimum absolute atomic E-state index is 0.185. The number of nitriles is 1. The van der Waals surface area contributed by atoms with Crippen molar-refractivity contribution in [1.29, 1.82) is 5.26 Å². The Morgan fingerprint density at radius 2 is 1.61 bits per heavy atom. The third-order valence-corrected chi connectivity index (χ3v) is 7.06. The molecule has 0 atom stereocenters. The average molecular weight is 497 g/mol. The lowest BCUT2D eigenvalue weighted by molar-refractivity contribution is -0.105. The SMILES string of the molecule is Cc1noc(C)c1-c1cc(C#N)c2c3ccc(NC=O)cc3n(C(c3ccccc3)c3ccccc3)c2c1. The van der Waals surface area contributed by atoms with Crippen LogP contribution < -0.4 is 5.32 Å². The maximum absolute atomic E-state index is 11.3. The highest BCUT2D eigenvalue weighted by atomic mass is 16.5. The van der Waals surface area contributed by atoms with E-state index in [9.17, 15) is 10.1 Å². The van der Waals surface area contributed by atoms with Gasteiger partial charge in [-0.25, -0.2) is 0 Å².